The molecule has 1 aromatic heterocycles. The molecule has 0 radical (unpaired) electrons. The fraction of sp³-hybridized carbons (Fsp3) is 0.733. The Hall–Kier alpha value is -0.850. The van der Waals surface area contributed by atoms with E-state index in [4.69, 9.17) is 4.42 Å². The maximum absolute atomic E-state index is 12.2. The molecule has 2 aliphatic carbocycles. The molecule has 2 aliphatic rings. The first kappa shape index (κ1) is 15.1. The van der Waals surface area contributed by atoms with Crippen LogP contribution in [0, 0.1) is 11.8 Å². The number of sulfonamides is 1. The highest BCUT2D eigenvalue weighted by molar-refractivity contribution is 7.89. The molecule has 118 valence electrons. The van der Waals surface area contributed by atoms with Gasteiger partial charge in [0.2, 0.25) is 5.09 Å². The molecule has 1 aromatic rings. The van der Waals surface area contributed by atoms with Crippen molar-refractivity contribution in [3.05, 3.63) is 17.9 Å². The smallest absolute Gasteiger partial charge is 0.273 e. The lowest BCUT2D eigenvalue weighted by atomic mass is 10.1. The second-order valence-corrected chi connectivity index (χ2v) is 8.21. The summed E-state index contributed by atoms with van der Waals surface area (Å²) >= 11 is 0. The van der Waals surface area contributed by atoms with Crippen molar-refractivity contribution in [3.63, 3.8) is 0 Å². The molecule has 1 heterocycles. The lowest BCUT2D eigenvalue weighted by molar-refractivity contribution is 0.397. The Labute approximate surface area is 126 Å². The third kappa shape index (κ3) is 4.08. The Bertz CT molecular complexity index is 577. The third-order valence-corrected chi connectivity index (χ3v) is 5.71. The maximum Gasteiger partial charge on any atom is 0.273 e. The summed E-state index contributed by atoms with van der Waals surface area (Å²) in [6.07, 6.45) is 5.82. The quantitative estimate of drug-likeness (QED) is 0.810. The van der Waals surface area contributed by atoms with Crippen LogP contribution in [-0.2, 0) is 16.6 Å². The van der Waals surface area contributed by atoms with Crippen molar-refractivity contribution in [1.82, 2.24) is 10.0 Å². The molecular weight excluding hydrogens is 288 g/mol. The van der Waals surface area contributed by atoms with Gasteiger partial charge in [0, 0.05) is 12.6 Å². The minimum absolute atomic E-state index is 0.0288. The largest absolute Gasteiger partial charge is 0.447 e. The van der Waals surface area contributed by atoms with Crippen LogP contribution in [0.3, 0.4) is 0 Å². The molecule has 2 N–H and O–H groups in total. The summed E-state index contributed by atoms with van der Waals surface area (Å²) in [5.74, 6) is 1.85. The average molecular weight is 312 g/mol. The van der Waals surface area contributed by atoms with Gasteiger partial charge in [-0.2, -0.15) is 0 Å². The third-order valence-electron chi connectivity index (χ3n) is 4.41. The Morgan fingerprint density at radius 2 is 2.05 bits per heavy atom. The zero-order chi connectivity index (χ0) is 14.9. The van der Waals surface area contributed by atoms with Crippen LogP contribution in [0.25, 0.3) is 0 Å². The molecule has 0 aromatic carbocycles. The van der Waals surface area contributed by atoms with E-state index >= 15 is 0 Å². The number of nitrogens with one attached hydrogen (secondary N) is 2. The summed E-state index contributed by atoms with van der Waals surface area (Å²) in [4.78, 5) is 0. The summed E-state index contributed by atoms with van der Waals surface area (Å²) in [6, 6.07) is 3.86. The molecule has 0 amide bonds. The number of hydrogen-bond acceptors (Lipinski definition) is 4. The van der Waals surface area contributed by atoms with Gasteiger partial charge in [-0.05, 0) is 49.7 Å². The standard InChI is InChI=1S/C15H24N2O3S/c1-11-2-3-12(8-11)9-17-21(18,19)15-7-6-14(20-15)10-16-13-4-5-13/h6-7,11-13,16-17H,2-5,8-10H2,1H3. The average Bonchev–Trinajstić information content (AvgIpc) is 2.97. The van der Waals surface area contributed by atoms with Gasteiger partial charge in [0.25, 0.3) is 10.0 Å². The van der Waals surface area contributed by atoms with Gasteiger partial charge in [-0.25, -0.2) is 13.1 Å². The van der Waals surface area contributed by atoms with Crippen LogP contribution in [0.5, 0.6) is 0 Å². The van der Waals surface area contributed by atoms with E-state index in [1.54, 1.807) is 12.1 Å². The van der Waals surface area contributed by atoms with Gasteiger partial charge in [-0.1, -0.05) is 13.3 Å². The van der Waals surface area contributed by atoms with Crippen LogP contribution >= 0.6 is 0 Å². The van der Waals surface area contributed by atoms with E-state index in [0.717, 1.165) is 12.8 Å². The van der Waals surface area contributed by atoms with Crippen molar-refractivity contribution in [2.24, 2.45) is 11.8 Å². The minimum atomic E-state index is -3.51. The van der Waals surface area contributed by atoms with Gasteiger partial charge in [0.15, 0.2) is 0 Å². The van der Waals surface area contributed by atoms with E-state index < -0.39 is 10.0 Å². The van der Waals surface area contributed by atoms with Crippen LogP contribution < -0.4 is 10.0 Å². The molecule has 2 saturated carbocycles. The van der Waals surface area contributed by atoms with E-state index in [0.29, 0.717) is 36.7 Å². The summed E-state index contributed by atoms with van der Waals surface area (Å²) < 4.78 is 32.6. The highest BCUT2D eigenvalue weighted by Crippen LogP contribution is 2.30. The van der Waals surface area contributed by atoms with Crippen LogP contribution in [-0.4, -0.2) is 21.0 Å². The summed E-state index contributed by atoms with van der Waals surface area (Å²) in [5.41, 5.74) is 0. The molecule has 0 bridgehead atoms. The normalized spacial score (nSPS) is 26.3. The summed E-state index contributed by atoms with van der Waals surface area (Å²) in [7, 11) is -3.51. The Morgan fingerprint density at radius 3 is 2.71 bits per heavy atom. The maximum atomic E-state index is 12.2. The molecule has 6 heteroatoms. The molecule has 3 rings (SSSR count). The van der Waals surface area contributed by atoms with E-state index in [9.17, 15) is 8.42 Å². The zero-order valence-electron chi connectivity index (χ0n) is 12.5. The Balaban J connectivity index is 1.53. The lowest BCUT2D eigenvalue weighted by Gasteiger charge is -2.10. The number of hydrogen-bond donors (Lipinski definition) is 2. The van der Waals surface area contributed by atoms with Gasteiger partial charge in [0.05, 0.1) is 6.54 Å². The second kappa shape index (κ2) is 6.10. The number of furan rings is 1. The van der Waals surface area contributed by atoms with Gasteiger partial charge in [0.1, 0.15) is 5.76 Å². The monoisotopic (exact) mass is 312 g/mol. The van der Waals surface area contributed by atoms with Crippen molar-refractivity contribution in [2.45, 2.75) is 56.7 Å². The summed E-state index contributed by atoms with van der Waals surface area (Å²) in [5, 5.41) is 3.34. The first-order valence-electron chi connectivity index (χ1n) is 7.84. The van der Waals surface area contributed by atoms with E-state index in [1.165, 1.54) is 19.3 Å². The van der Waals surface area contributed by atoms with Crippen molar-refractivity contribution in [1.29, 1.82) is 0 Å². The highest BCUT2D eigenvalue weighted by atomic mass is 32.2. The SMILES string of the molecule is CC1CCC(CNS(=O)(=O)c2ccc(CNC3CC3)o2)C1. The lowest BCUT2D eigenvalue weighted by Crippen LogP contribution is -2.28. The van der Waals surface area contributed by atoms with Crippen molar-refractivity contribution >= 4 is 10.0 Å². The molecule has 2 unspecified atom stereocenters. The second-order valence-electron chi connectivity index (χ2n) is 6.51. The molecule has 0 aliphatic heterocycles. The predicted molar refractivity (Wildman–Crippen MR) is 80.3 cm³/mol. The zero-order valence-corrected chi connectivity index (χ0v) is 13.3. The van der Waals surface area contributed by atoms with Crippen molar-refractivity contribution < 1.29 is 12.8 Å². The van der Waals surface area contributed by atoms with Crippen LogP contribution in [0.1, 0.15) is 44.8 Å². The van der Waals surface area contributed by atoms with Gasteiger partial charge >= 0.3 is 0 Å². The first-order valence-corrected chi connectivity index (χ1v) is 9.33. The van der Waals surface area contributed by atoms with E-state index in [2.05, 4.69) is 17.0 Å². The topological polar surface area (TPSA) is 71.3 Å². The van der Waals surface area contributed by atoms with Crippen LogP contribution in [0.2, 0.25) is 0 Å². The first-order chi connectivity index (χ1) is 10.0. The highest BCUT2D eigenvalue weighted by Gasteiger charge is 2.25. The molecule has 2 atom stereocenters. The molecule has 0 spiro atoms. The fourth-order valence-corrected chi connectivity index (χ4v) is 4.00. The van der Waals surface area contributed by atoms with Gasteiger partial charge in [-0.3, -0.25) is 0 Å². The molecular formula is C15H24N2O3S. The molecule has 0 saturated heterocycles. The fourth-order valence-electron chi connectivity index (χ4n) is 2.94. The van der Waals surface area contributed by atoms with E-state index in [-0.39, 0.29) is 5.09 Å². The van der Waals surface area contributed by atoms with Gasteiger partial charge < -0.3 is 9.73 Å². The van der Waals surface area contributed by atoms with Crippen molar-refractivity contribution in [2.75, 3.05) is 6.54 Å². The number of rotatable bonds is 7. The van der Waals surface area contributed by atoms with Crippen molar-refractivity contribution in [3.8, 4) is 0 Å². The molecule has 21 heavy (non-hydrogen) atoms. The molecule has 2 fully saturated rings. The molecule has 5 nitrogen and oxygen atoms in total. The minimum Gasteiger partial charge on any atom is -0.447 e. The van der Waals surface area contributed by atoms with Gasteiger partial charge in [-0.15, -0.1) is 0 Å². The summed E-state index contributed by atoms with van der Waals surface area (Å²) in [6.45, 7) is 3.34. The van der Waals surface area contributed by atoms with Crippen LogP contribution in [0.4, 0.5) is 0 Å². The Kier molecular flexibility index (Phi) is 4.38. The predicted octanol–water partition coefficient (Wildman–Crippen LogP) is 2.25. The van der Waals surface area contributed by atoms with Crippen LogP contribution in [0.15, 0.2) is 21.6 Å². The Morgan fingerprint density at radius 1 is 1.24 bits per heavy atom. The van der Waals surface area contributed by atoms with E-state index in [1.807, 2.05) is 0 Å².